The number of halogens is 3. The minimum atomic E-state index is -4.76. The van der Waals surface area contributed by atoms with Gasteiger partial charge in [0.15, 0.2) is 11.4 Å². The number of hydrogen-bond donors (Lipinski definition) is 2. The molecule has 0 amide bonds. The minimum Gasteiger partial charge on any atom is -0.369 e. The van der Waals surface area contributed by atoms with E-state index < -0.39 is 28.0 Å². The Morgan fingerprint density at radius 1 is 1.30 bits per heavy atom. The first kappa shape index (κ1) is 18.0. The van der Waals surface area contributed by atoms with Crippen LogP contribution in [0.5, 0.6) is 0 Å². The Labute approximate surface area is 152 Å². The van der Waals surface area contributed by atoms with Crippen molar-refractivity contribution in [3.63, 3.8) is 0 Å². The first-order chi connectivity index (χ1) is 12.7. The maximum absolute atomic E-state index is 12.4. The van der Waals surface area contributed by atoms with Gasteiger partial charge in [-0.3, -0.25) is 0 Å². The third kappa shape index (κ3) is 3.69. The molecule has 4 heterocycles. The van der Waals surface area contributed by atoms with Gasteiger partial charge in [-0.2, -0.15) is 13.2 Å². The van der Waals surface area contributed by atoms with Crippen molar-refractivity contribution in [3.05, 3.63) is 30.7 Å². The number of alkyl halides is 3. The lowest BCUT2D eigenvalue weighted by Gasteiger charge is -2.21. The summed E-state index contributed by atoms with van der Waals surface area (Å²) in [7, 11) is -4.42. The Hall–Kier alpha value is -2.40. The van der Waals surface area contributed by atoms with Crippen molar-refractivity contribution in [2.24, 2.45) is 0 Å². The summed E-state index contributed by atoms with van der Waals surface area (Å²) in [6, 6.07) is 3.13. The fraction of sp³-hybridized carbons (Fsp3) is 0.375. The molecule has 3 aromatic heterocycles. The molecule has 0 spiro atoms. The van der Waals surface area contributed by atoms with E-state index in [-0.39, 0.29) is 6.54 Å². The van der Waals surface area contributed by atoms with E-state index in [0.29, 0.717) is 18.6 Å². The number of fused-ring (bicyclic) bond motifs is 3. The molecule has 7 nitrogen and oxygen atoms in total. The molecule has 1 fully saturated rings. The van der Waals surface area contributed by atoms with Gasteiger partial charge < -0.3 is 9.88 Å². The summed E-state index contributed by atoms with van der Waals surface area (Å²) in [6.45, 7) is 0.810. The van der Waals surface area contributed by atoms with E-state index in [1.807, 2.05) is 17.0 Å². The van der Waals surface area contributed by atoms with Gasteiger partial charge >= 0.3 is 6.18 Å². The van der Waals surface area contributed by atoms with Crippen LogP contribution in [0.1, 0.15) is 6.42 Å². The molecule has 1 saturated heterocycles. The molecule has 3 aromatic rings. The van der Waals surface area contributed by atoms with Gasteiger partial charge in [0.25, 0.3) is 0 Å². The topological polar surface area (TPSA) is 91.0 Å². The van der Waals surface area contributed by atoms with Crippen LogP contribution in [-0.4, -0.2) is 54.4 Å². The first-order valence-corrected chi connectivity index (χ1v) is 9.90. The number of pyridine rings is 2. The van der Waals surface area contributed by atoms with Gasteiger partial charge in [0.1, 0.15) is 0 Å². The predicted molar refractivity (Wildman–Crippen MR) is 95.0 cm³/mol. The molecule has 1 aliphatic rings. The second-order valence-corrected chi connectivity index (χ2v) is 8.27. The van der Waals surface area contributed by atoms with Gasteiger partial charge in [0.2, 0.25) is 10.0 Å². The molecule has 0 saturated carbocycles. The van der Waals surface area contributed by atoms with Gasteiger partial charge in [-0.1, -0.05) is 0 Å². The summed E-state index contributed by atoms with van der Waals surface area (Å²) in [5.74, 6) is -1.87. The lowest BCUT2D eigenvalue weighted by molar-refractivity contribution is -0.106. The lowest BCUT2D eigenvalue weighted by atomic mass is 10.1. The SMILES string of the molecule is O=S(=O)(CC(F)(F)F)NC1CCN(c2cc[nH]c3cnc4nccc4c23)C1. The van der Waals surface area contributed by atoms with Crippen LogP contribution in [0.25, 0.3) is 21.9 Å². The van der Waals surface area contributed by atoms with E-state index in [4.69, 9.17) is 0 Å². The van der Waals surface area contributed by atoms with Crippen LogP contribution in [-0.2, 0) is 10.0 Å². The van der Waals surface area contributed by atoms with Crippen LogP contribution in [0.3, 0.4) is 0 Å². The van der Waals surface area contributed by atoms with E-state index in [1.165, 1.54) is 0 Å². The molecule has 0 radical (unpaired) electrons. The number of rotatable bonds is 4. The van der Waals surface area contributed by atoms with Crippen molar-refractivity contribution in [2.45, 2.75) is 18.6 Å². The van der Waals surface area contributed by atoms with Gasteiger partial charge in [0, 0.05) is 48.0 Å². The first-order valence-electron chi connectivity index (χ1n) is 8.24. The van der Waals surface area contributed by atoms with Crippen LogP contribution in [0.15, 0.2) is 30.7 Å². The smallest absolute Gasteiger partial charge is 0.369 e. The van der Waals surface area contributed by atoms with Crippen LogP contribution in [0, 0.1) is 0 Å². The van der Waals surface area contributed by atoms with Gasteiger partial charge in [-0.05, 0) is 18.6 Å². The monoisotopic (exact) mass is 399 g/mol. The van der Waals surface area contributed by atoms with Crippen molar-refractivity contribution >= 4 is 37.6 Å². The second-order valence-electron chi connectivity index (χ2n) is 6.52. The summed E-state index contributed by atoms with van der Waals surface area (Å²) in [5, 5.41) is 1.76. The number of nitrogens with one attached hydrogen (secondary N) is 2. The molecule has 2 N–H and O–H groups in total. The molecule has 0 aliphatic carbocycles. The minimum absolute atomic E-state index is 0.286. The van der Waals surface area contributed by atoms with E-state index in [0.717, 1.165) is 22.0 Å². The average Bonchev–Trinajstić information content (AvgIpc) is 3.20. The fourth-order valence-electron chi connectivity index (χ4n) is 3.49. The third-order valence-electron chi connectivity index (χ3n) is 4.50. The van der Waals surface area contributed by atoms with Crippen LogP contribution in [0.4, 0.5) is 18.9 Å². The number of aromatic nitrogens is 3. The number of hydrogen-bond acceptors (Lipinski definition) is 5. The van der Waals surface area contributed by atoms with Gasteiger partial charge in [-0.15, -0.1) is 0 Å². The molecule has 4 rings (SSSR count). The van der Waals surface area contributed by atoms with Crippen LogP contribution in [0.2, 0.25) is 0 Å². The van der Waals surface area contributed by atoms with Crippen molar-refractivity contribution < 1.29 is 21.6 Å². The molecule has 0 bridgehead atoms. The Bertz CT molecular complexity index is 1100. The Morgan fingerprint density at radius 2 is 2.11 bits per heavy atom. The fourth-order valence-corrected chi connectivity index (χ4v) is 4.70. The van der Waals surface area contributed by atoms with Gasteiger partial charge in [-0.25, -0.2) is 23.1 Å². The second kappa shape index (κ2) is 6.34. The molecule has 144 valence electrons. The van der Waals surface area contributed by atoms with Crippen molar-refractivity contribution in [2.75, 3.05) is 23.7 Å². The summed E-state index contributed by atoms with van der Waals surface area (Å²) in [4.78, 5) is 13.5. The predicted octanol–water partition coefficient (Wildman–Crippen LogP) is 2.17. The van der Waals surface area contributed by atoms with Crippen LogP contribution >= 0.6 is 0 Å². The zero-order chi connectivity index (χ0) is 19.2. The molecular formula is C16H16F3N5O2S. The Morgan fingerprint density at radius 3 is 2.89 bits per heavy atom. The maximum Gasteiger partial charge on any atom is 0.404 e. The number of sulfonamides is 1. The highest BCUT2D eigenvalue weighted by molar-refractivity contribution is 7.89. The van der Waals surface area contributed by atoms with Crippen molar-refractivity contribution in [1.82, 2.24) is 19.7 Å². The number of anilines is 1. The highest BCUT2D eigenvalue weighted by Gasteiger charge is 2.37. The number of aromatic amines is 1. The Kier molecular flexibility index (Phi) is 4.22. The molecule has 1 aliphatic heterocycles. The highest BCUT2D eigenvalue weighted by Crippen LogP contribution is 2.33. The zero-order valence-electron chi connectivity index (χ0n) is 14.0. The number of nitrogens with zero attached hydrogens (tertiary/aromatic N) is 3. The third-order valence-corrected chi connectivity index (χ3v) is 5.90. The summed E-state index contributed by atoms with van der Waals surface area (Å²) >= 11 is 0. The highest BCUT2D eigenvalue weighted by atomic mass is 32.2. The molecule has 11 heteroatoms. The normalized spacial score (nSPS) is 18.6. The quantitative estimate of drug-likeness (QED) is 0.702. The average molecular weight is 399 g/mol. The molecule has 27 heavy (non-hydrogen) atoms. The maximum atomic E-state index is 12.4. The largest absolute Gasteiger partial charge is 0.404 e. The summed E-state index contributed by atoms with van der Waals surface area (Å²) in [5.41, 5.74) is 2.26. The standard InChI is InChI=1S/C16H16F3N5O2S/c17-16(18,19)9-27(25,26)23-10-3-6-24(8-10)13-2-5-20-12-7-22-15-11(14(12)13)1-4-21-15/h1-2,4-5,7,10,20,23H,3,6,8-9H2. The van der Waals surface area contributed by atoms with Crippen molar-refractivity contribution in [3.8, 4) is 0 Å². The van der Waals surface area contributed by atoms with Crippen molar-refractivity contribution in [1.29, 1.82) is 0 Å². The Balaban J connectivity index is 1.60. The molecule has 0 aromatic carbocycles. The van der Waals surface area contributed by atoms with Crippen LogP contribution < -0.4 is 9.62 Å². The summed E-state index contributed by atoms with van der Waals surface area (Å²) < 4.78 is 62.9. The van der Waals surface area contributed by atoms with Gasteiger partial charge in [0.05, 0.1) is 11.7 Å². The van der Waals surface area contributed by atoms with E-state index in [2.05, 4.69) is 19.7 Å². The summed E-state index contributed by atoms with van der Waals surface area (Å²) in [6.07, 6.45) is 0.742. The zero-order valence-corrected chi connectivity index (χ0v) is 14.8. The lowest BCUT2D eigenvalue weighted by Crippen LogP contribution is -2.41. The van der Waals surface area contributed by atoms with E-state index >= 15 is 0 Å². The van der Waals surface area contributed by atoms with E-state index in [9.17, 15) is 21.6 Å². The molecule has 1 unspecified atom stereocenters. The molecular weight excluding hydrogens is 383 g/mol. The number of H-pyrrole nitrogens is 1. The molecule has 1 atom stereocenters. The van der Waals surface area contributed by atoms with E-state index in [1.54, 1.807) is 18.6 Å².